The van der Waals surface area contributed by atoms with Gasteiger partial charge in [0.15, 0.2) is 21.3 Å². The Balaban J connectivity index is 2.51. The smallest absolute Gasteiger partial charge is 0.355 e. The van der Waals surface area contributed by atoms with Gasteiger partial charge >= 0.3 is 5.97 Å². The number of nitrogens with zero attached hydrogens (tertiary/aromatic N) is 1. The molecule has 1 saturated heterocycles. The molecule has 7 nitrogen and oxygen atoms in total. The van der Waals surface area contributed by atoms with Crippen LogP contribution in [0.2, 0.25) is 0 Å². The second kappa shape index (κ2) is 5.31. The first-order chi connectivity index (χ1) is 9.93. The molecule has 2 aliphatic rings. The summed E-state index contributed by atoms with van der Waals surface area (Å²) in [6.45, 7) is 6.57. The number of hydrogen-bond acceptors (Lipinski definition) is 6. The van der Waals surface area contributed by atoms with Crippen molar-refractivity contribution in [3.8, 4) is 0 Å². The van der Waals surface area contributed by atoms with E-state index in [1.807, 2.05) is 0 Å². The number of esters is 1. The number of alkyl halides is 1. The van der Waals surface area contributed by atoms with E-state index in [2.05, 4.69) is 15.9 Å². The molecule has 0 bridgehead atoms. The first-order valence-corrected chi connectivity index (χ1v) is 9.12. The van der Waals surface area contributed by atoms with E-state index in [0.717, 1.165) is 4.90 Å². The first kappa shape index (κ1) is 17.4. The Morgan fingerprint density at radius 2 is 1.86 bits per heavy atom. The average molecular weight is 396 g/mol. The second-order valence-electron chi connectivity index (χ2n) is 6.19. The van der Waals surface area contributed by atoms with Crippen molar-refractivity contribution in [1.29, 1.82) is 0 Å². The standard InChI is InChI=1S/C13H18BrNO6S/c1-6-7(12(17)21-13(2,3)4)15-10(16)8(20-5)11(15)22(18,19)9(6)14/h8-9,11H,1-5H3/t8-,9?,11+/m0/s1. The molecule has 3 atom stereocenters. The van der Waals surface area contributed by atoms with Gasteiger partial charge < -0.3 is 9.47 Å². The lowest BCUT2D eigenvalue weighted by Crippen LogP contribution is -2.71. The van der Waals surface area contributed by atoms with Gasteiger partial charge in [-0.15, -0.1) is 0 Å². The Kier molecular flexibility index (Phi) is 4.21. The monoisotopic (exact) mass is 395 g/mol. The molecule has 1 unspecified atom stereocenters. The molecule has 124 valence electrons. The molecule has 9 heteroatoms. The number of halogens is 1. The van der Waals surface area contributed by atoms with E-state index in [0.29, 0.717) is 0 Å². The highest BCUT2D eigenvalue weighted by molar-refractivity contribution is 9.11. The lowest BCUT2D eigenvalue weighted by atomic mass is 10.1. The highest BCUT2D eigenvalue weighted by atomic mass is 79.9. The van der Waals surface area contributed by atoms with E-state index in [1.54, 1.807) is 20.8 Å². The Morgan fingerprint density at radius 1 is 1.32 bits per heavy atom. The van der Waals surface area contributed by atoms with Crippen LogP contribution in [-0.2, 0) is 28.9 Å². The summed E-state index contributed by atoms with van der Waals surface area (Å²) in [4.78, 5) is 25.5. The number of sulfone groups is 1. The molecule has 1 fully saturated rings. The number of hydrogen-bond donors (Lipinski definition) is 0. The summed E-state index contributed by atoms with van der Waals surface area (Å²) in [6.07, 6.45) is -1.10. The third-order valence-corrected chi connectivity index (χ3v) is 7.73. The molecule has 0 spiro atoms. The number of β-lactam (4-membered cyclic amide) rings is 1. The Labute approximate surface area is 137 Å². The van der Waals surface area contributed by atoms with Crippen LogP contribution < -0.4 is 0 Å². The summed E-state index contributed by atoms with van der Waals surface area (Å²) in [5.74, 6) is -1.28. The fourth-order valence-electron chi connectivity index (χ4n) is 2.46. The molecule has 0 saturated carbocycles. The van der Waals surface area contributed by atoms with Gasteiger partial charge in [0.25, 0.3) is 5.91 Å². The van der Waals surface area contributed by atoms with Crippen molar-refractivity contribution in [3.63, 3.8) is 0 Å². The van der Waals surface area contributed by atoms with E-state index in [9.17, 15) is 18.0 Å². The molecule has 0 aromatic heterocycles. The predicted molar refractivity (Wildman–Crippen MR) is 81.6 cm³/mol. The second-order valence-corrected chi connectivity index (χ2v) is 9.85. The average Bonchev–Trinajstić information content (AvgIpc) is 2.36. The maximum atomic E-state index is 12.4. The van der Waals surface area contributed by atoms with Crippen molar-refractivity contribution < 1.29 is 27.5 Å². The summed E-state index contributed by atoms with van der Waals surface area (Å²) in [7, 11) is -2.46. The summed E-state index contributed by atoms with van der Waals surface area (Å²) >= 11 is 3.09. The number of carbonyl (C=O) groups is 2. The summed E-state index contributed by atoms with van der Waals surface area (Å²) in [5.41, 5.74) is -0.560. The molecule has 0 aliphatic carbocycles. The predicted octanol–water partition coefficient (Wildman–Crippen LogP) is 0.935. The van der Waals surface area contributed by atoms with Gasteiger partial charge in [0, 0.05) is 7.11 Å². The quantitative estimate of drug-likeness (QED) is 0.392. The van der Waals surface area contributed by atoms with Crippen LogP contribution >= 0.6 is 15.9 Å². The third-order valence-electron chi connectivity index (χ3n) is 3.42. The fourth-order valence-corrected chi connectivity index (χ4v) is 5.27. The molecule has 2 heterocycles. The third kappa shape index (κ3) is 2.48. The maximum Gasteiger partial charge on any atom is 0.355 e. The summed E-state index contributed by atoms with van der Waals surface area (Å²) in [5, 5.41) is -1.21. The van der Waals surface area contributed by atoms with Crippen molar-refractivity contribution in [2.75, 3.05) is 7.11 Å². The molecule has 1 amide bonds. The van der Waals surface area contributed by atoms with E-state index in [1.165, 1.54) is 14.0 Å². The summed E-state index contributed by atoms with van der Waals surface area (Å²) < 4.78 is 34.1. The number of methoxy groups -OCH3 is 1. The van der Waals surface area contributed by atoms with Crippen LogP contribution in [-0.4, -0.2) is 53.5 Å². The van der Waals surface area contributed by atoms with Crippen LogP contribution in [0, 0.1) is 0 Å². The Morgan fingerprint density at radius 3 is 2.32 bits per heavy atom. The van der Waals surface area contributed by atoms with Crippen LogP contribution in [0.1, 0.15) is 27.7 Å². The fraction of sp³-hybridized carbons (Fsp3) is 0.692. The van der Waals surface area contributed by atoms with E-state index in [-0.39, 0.29) is 11.3 Å². The van der Waals surface area contributed by atoms with Crippen molar-refractivity contribution in [2.24, 2.45) is 0 Å². The minimum atomic E-state index is -3.72. The SMILES string of the molecule is CO[C@H]1C(=O)N2C(C(=O)OC(C)(C)C)=C(C)C(Br)S(=O)(=O)[C@H]12. The number of fused-ring (bicyclic) bond motifs is 1. The molecule has 0 aromatic rings. The van der Waals surface area contributed by atoms with Gasteiger partial charge in [-0.1, -0.05) is 15.9 Å². The van der Waals surface area contributed by atoms with Gasteiger partial charge in [0.2, 0.25) is 0 Å². The first-order valence-electron chi connectivity index (χ1n) is 6.60. The molecule has 0 N–H and O–H groups in total. The van der Waals surface area contributed by atoms with Crippen molar-refractivity contribution in [2.45, 2.75) is 48.9 Å². The van der Waals surface area contributed by atoms with Gasteiger partial charge in [-0.3, -0.25) is 9.69 Å². The van der Waals surface area contributed by atoms with Crippen molar-refractivity contribution >= 4 is 37.6 Å². The number of ether oxygens (including phenoxy) is 2. The van der Waals surface area contributed by atoms with Crippen LogP contribution in [0.15, 0.2) is 11.3 Å². The Bertz CT molecular complexity index is 663. The van der Waals surface area contributed by atoms with E-state index >= 15 is 0 Å². The highest BCUT2D eigenvalue weighted by Gasteiger charge is 2.62. The number of amides is 1. The van der Waals surface area contributed by atoms with E-state index in [4.69, 9.17) is 9.47 Å². The molecule has 0 aromatic carbocycles. The van der Waals surface area contributed by atoms with Gasteiger partial charge in [-0.25, -0.2) is 13.2 Å². The summed E-state index contributed by atoms with van der Waals surface area (Å²) in [6, 6.07) is 0. The zero-order valence-electron chi connectivity index (χ0n) is 12.9. The topological polar surface area (TPSA) is 90.0 Å². The van der Waals surface area contributed by atoms with Gasteiger partial charge in [-0.05, 0) is 33.3 Å². The van der Waals surface area contributed by atoms with Gasteiger partial charge in [-0.2, -0.15) is 0 Å². The van der Waals surface area contributed by atoms with Gasteiger partial charge in [0.05, 0.1) is 0 Å². The van der Waals surface area contributed by atoms with Crippen molar-refractivity contribution in [3.05, 3.63) is 11.3 Å². The van der Waals surface area contributed by atoms with E-state index < -0.39 is 43.0 Å². The zero-order chi connectivity index (χ0) is 17.0. The minimum absolute atomic E-state index is 0.0325. The molecular weight excluding hydrogens is 378 g/mol. The number of rotatable bonds is 2. The van der Waals surface area contributed by atoms with Crippen LogP contribution in [0.5, 0.6) is 0 Å². The molecule has 2 aliphatic heterocycles. The largest absolute Gasteiger partial charge is 0.455 e. The molecular formula is C13H18BrNO6S. The lowest BCUT2D eigenvalue weighted by molar-refractivity contribution is -0.167. The van der Waals surface area contributed by atoms with Crippen LogP contribution in [0.25, 0.3) is 0 Å². The lowest BCUT2D eigenvalue weighted by Gasteiger charge is -2.49. The molecule has 0 radical (unpaired) electrons. The highest BCUT2D eigenvalue weighted by Crippen LogP contribution is 2.43. The van der Waals surface area contributed by atoms with Gasteiger partial charge in [0.1, 0.15) is 15.5 Å². The normalized spacial score (nSPS) is 30.7. The molecule has 22 heavy (non-hydrogen) atoms. The molecule has 2 rings (SSSR count). The van der Waals surface area contributed by atoms with Crippen LogP contribution in [0.4, 0.5) is 0 Å². The maximum absolute atomic E-state index is 12.4. The minimum Gasteiger partial charge on any atom is -0.455 e. The zero-order valence-corrected chi connectivity index (χ0v) is 15.3. The Hall–Kier alpha value is -0.930. The van der Waals surface area contributed by atoms with Crippen molar-refractivity contribution in [1.82, 2.24) is 4.90 Å². The van der Waals surface area contributed by atoms with Crippen LogP contribution in [0.3, 0.4) is 0 Å². The number of carbonyl (C=O) groups excluding carboxylic acids is 2.